The van der Waals surface area contributed by atoms with Crippen LogP contribution in [0, 0.1) is 0 Å². The van der Waals surface area contributed by atoms with E-state index in [1.54, 1.807) is 18.7 Å². The molecule has 0 aromatic carbocycles. The lowest BCUT2D eigenvalue weighted by molar-refractivity contribution is 0.0312. The van der Waals surface area contributed by atoms with Crippen LogP contribution in [0.15, 0.2) is 0 Å². The Bertz CT molecular complexity index is 471. The van der Waals surface area contributed by atoms with Crippen molar-refractivity contribution >= 4 is 11.6 Å². The van der Waals surface area contributed by atoms with E-state index in [1.165, 1.54) is 0 Å². The number of hydrogen-bond donors (Lipinski definition) is 3. The molecule has 106 valence electrons. The van der Waals surface area contributed by atoms with Gasteiger partial charge in [0.25, 0.3) is 5.91 Å². The monoisotopic (exact) mass is 266 g/mol. The first kappa shape index (κ1) is 13.9. The molecule has 0 unspecified atom stereocenters. The van der Waals surface area contributed by atoms with Crippen LogP contribution in [-0.4, -0.2) is 44.8 Å². The van der Waals surface area contributed by atoms with Crippen LogP contribution in [-0.2, 0) is 0 Å². The van der Waals surface area contributed by atoms with Gasteiger partial charge in [-0.2, -0.15) is 5.10 Å². The van der Waals surface area contributed by atoms with Gasteiger partial charge in [-0.05, 0) is 33.6 Å². The normalized spacial score (nSPS) is 15.6. The van der Waals surface area contributed by atoms with E-state index in [1.807, 2.05) is 6.92 Å². The lowest BCUT2D eigenvalue weighted by atomic mass is 10.1. The number of nitrogens with one attached hydrogen (secondary N) is 1. The second kappa shape index (κ2) is 4.85. The molecule has 0 atom stereocenters. The number of aromatic amines is 1. The van der Waals surface area contributed by atoms with Gasteiger partial charge in [-0.25, -0.2) is 0 Å². The van der Waals surface area contributed by atoms with Crippen LogP contribution >= 0.6 is 0 Å². The Labute approximate surface area is 113 Å². The average molecular weight is 266 g/mol. The van der Waals surface area contributed by atoms with E-state index in [0.717, 1.165) is 18.5 Å². The zero-order valence-corrected chi connectivity index (χ0v) is 11.7. The van der Waals surface area contributed by atoms with E-state index in [-0.39, 0.29) is 18.1 Å². The van der Waals surface area contributed by atoms with Crippen molar-refractivity contribution < 1.29 is 9.90 Å². The Morgan fingerprint density at radius 2 is 2.21 bits per heavy atom. The number of aromatic nitrogens is 2. The molecule has 1 aliphatic rings. The standard InChI is InChI=1S/C13H22N4O2/c1-4-17(7-13(2,3)19)12(18)11-9(14)10(15-16-11)8-5-6-8/h8,19H,4-7,14H2,1-3H3,(H,15,16). The number of nitrogens with two attached hydrogens (primary N) is 1. The molecular formula is C13H22N4O2. The summed E-state index contributed by atoms with van der Waals surface area (Å²) in [5.74, 6) is 0.198. The third-order valence-electron chi connectivity index (χ3n) is 3.27. The van der Waals surface area contributed by atoms with Gasteiger partial charge >= 0.3 is 0 Å². The van der Waals surface area contributed by atoms with Crippen molar-refractivity contribution in [3.05, 3.63) is 11.4 Å². The minimum absolute atomic E-state index is 0.231. The van der Waals surface area contributed by atoms with Crippen LogP contribution in [0.4, 0.5) is 5.69 Å². The minimum Gasteiger partial charge on any atom is -0.395 e. The van der Waals surface area contributed by atoms with E-state index < -0.39 is 5.60 Å². The van der Waals surface area contributed by atoms with E-state index in [2.05, 4.69) is 10.2 Å². The Morgan fingerprint density at radius 3 is 2.68 bits per heavy atom. The number of amides is 1. The second-order valence-corrected chi connectivity index (χ2v) is 5.81. The molecule has 1 heterocycles. The van der Waals surface area contributed by atoms with Crippen molar-refractivity contribution in [3.63, 3.8) is 0 Å². The smallest absolute Gasteiger partial charge is 0.276 e. The van der Waals surface area contributed by atoms with Crippen LogP contribution in [0.2, 0.25) is 0 Å². The van der Waals surface area contributed by atoms with Gasteiger partial charge in [-0.1, -0.05) is 0 Å². The third-order valence-corrected chi connectivity index (χ3v) is 3.27. The average Bonchev–Trinajstić information content (AvgIpc) is 3.08. The summed E-state index contributed by atoms with van der Waals surface area (Å²) in [4.78, 5) is 13.9. The summed E-state index contributed by atoms with van der Waals surface area (Å²) in [7, 11) is 0. The molecule has 6 nitrogen and oxygen atoms in total. The molecule has 1 fully saturated rings. The maximum atomic E-state index is 12.4. The summed E-state index contributed by atoms with van der Waals surface area (Å²) in [6.45, 7) is 5.98. The highest BCUT2D eigenvalue weighted by molar-refractivity contribution is 5.97. The number of H-pyrrole nitrogens is 1. The van der Waals surface area contributed by atoms with Crippen molar-refractivity contribution in [2.45, 2.75) is 45.1 Å². The zero-order chi connectivity index (χ0) is 14.2. The van der Waals surface area contributed by atoms with Crippen LogP contribution in [0.5, 0.6) is 0 Å². The molecule has 6 heteroatoms. The van der Waals surface area contributed by atoms with Crippen LogP contribution in [0.1, 0.15) is 55.7 Å². The van der Waals surface area contributed by atoms with Crippen molar-refractivity contribution in [3.8, 4) is 0 Å². The molecule has 1 amide bonds. The first-order valence-corrected chi connectivity index (χ1v) is 6.69. The molecule has 1 aromatic heterocycles. The van der Waals surface area contributed by atoms with Gasteiger partial charge in [0, 0.05) is 19.0 Å². The summed E-state index contributed by atoms with van der Waals surface area (Å²) in [6.07, 6.45) is 2.20. The molecule has 1 saturated carbocycles. The van der Waals surface area contributed by atoms with E-state index in [9.17, 15) is 9.90 Å². The number of nitrogens with zero attached hydrogens (tertiary/aromatic N) is 2. The van der Waals surface area contributed by atoms with Crippen molar-refractivity contribution in [1.82, 2.24) is 15.1 Å². The van der Waals surface area contributed by atoms with E-state index in [0.29, 0.717) is 18.2 Å². The molecular weight excluding hydrogens is 244 g/mol. The predicted octanol–water partition coefficient (Wildman–Crippen LogP) is 1.10. The van der Waals surface area contributed by atoms with Gasteiger partial charge < -0.3 is 15.7 Å². The number of carbonyl (C=O) groups is 1. The number of nitrogen functional groups attached to an aromatic ring is 1. The fourth-order valence-electron chi connectivity index (χ4n) is 2.15. The first-order valence-electron chi connectivity index (χ1n) is 6.69. The van der Waals surface area contributed by atoms with E-state index in [4.69, 9.17) is 5.73 Å². The third kappa shape index (κ3) is 3.07. The summed E-state index contributed by atoms with van der Waals surface area (Å²) >= 11 is 0. The number of carbonyl (C=O) groups excluding carboxylic acids is 1. The van der Waals surface area contributed by atoms with Gasteiger partial charge in [0.15, 0.2) is 5.69 Å². The molecule has 0 radical (unpaired) electrons. The molecule has 0 aliphatic heterocycles. The van der Waals surface area contributed by atoms with Crippen molar-refractivity contribution in [2.24, 2.45) is 0 Å². The van der Waals surface area contributed by atoms with Gasteiger partial charge in [0.1, 0.15) is 0 Å². The summed E-state index contributed by atoms with van der Waals surface area (Å²) < 4.78 is 0. The van der Waals surface area contributed by atoms with Crippen molar-refractivity contribution in [2.75, 3.05) is 18.8 Å². The number of aliphatic hydroxyl groups is 1. The number of rotatable bonds is 5. The van der Waals surface area contributed by atoms with Gasteiger partial charge in [-0.3, -0.25) is 9.89 Å². The fourth-order valence-corrected chi connectivity index (χ4v) is 2.15. The lowest BCUT2D eigenvalue weighted by Gasteiger charge is -2.27. The van der Waals surface area contributed by atoms with Gasteiger partial charge in [-0.15, -0.1) is 0 Å². The predicted molar refractivity (Wildman–Crippen MR) is 72.9 cm³/mol. The second-order valence-electron chi connectivity index (χ2n) is 5.81. The fraction of sp³-hybridized carbons (Fsp3) is 0.692. The van der Waals surface area contributed by atoms with E-state index >= 15 is 0 Å². The zero-order valence-electron chi connectivity index (χ0n) is 11.7. The summed E-state index contributed by atoms with van der Waals surface area (Å²) in [6, 6.07) is 0. The molecule has 0 spiro atoms. The Balaban J connectivity index is 2.17. The summed E-state index contributed by atoms with van der Waals surface area (Å²) in [5, 5.41) is 16.8. The quantitative estimate of drug-likeness (QED) is 0.743. The highest BCUT2D eigenvalue weighted by Gasteiger charge is 2.32. The number of anilines is 1. The highest BCUT2D eigenvalue weighted by Crippen LogP contribution is 2.42. The highest BCUT2D eigenvalue weighted by atomic mass is 16.3. The van der Waals surface area contributed by atoms with Gasteiger partial charge in [0.05, 0.1) is 17.0 Å². The molecule has 2 rings (SSSR count). The van der Waals surface area contributed by atoms with Crippen LogP contribution in [0.3, 0.4) is 0 Å². The van der Waals surface area contributed by atoms with Crippen LogP contribution in [0.25, 0.3) is 0 Å². The molecule has 1 aromatic rings. The number of likely N-dealkylation sites (N-methyl/N-ethyl adjacent to an activating group) is 1. The summed E-state index contributed by atoms with van der Waals surface area (Å²) in [5.41, 5.74) is 6.67. The number of hydrogen-bond acceptors (Lipinski definition) is 4. The maximum Gasteiger partial charge on any atom is 0.276 e. The Morgan fingerprint density at radius 1 is 1.58 bits per heavy atom. The minimum atomic E-state index is -0.934. The molecule has 1 aliphatic carbocycles. The largest absolute Gasteiger partial charge is 0.395 e. The molecule has 0 bridgehead atoms. The SMILES string of the molecule is CCN(CC(C)(C)O)C(=O)c1n[nH]c(C2CC2)c1N. The molecule has 4 N–H and O–H groups in total. The van der Waals surface area contributed by atoms with Crippen molar-refractivity contribution in [1.29, 1.82) is 0 Å². The van der Waals surface area contributed by atoms with Crippen LogP contribution < -0.4 is 5.73 Å². The molecule has 19 heavy (non-hydrogen) atoms. The van der Waals surface area contributed by atoms with Gasteiger partial charge in [0.2, 0.25) is 0 Å². The Kier molecular flexibility index (Phi) is 3.54. The topological polar surface area (TPSA) is 95.2 Å². The molecule has 0 saturated heterocycles. The first-order chi connectivity index (χ1) is 8.83. The lowest BCUT2D eigenvalue weighted by Crippen LogP contribution is -2.42. The Hall–Kier alpha value is -1.56. The maximum absolute atomic E-state index is 12.4.